The van der Waals surface area contributed by atoms with Gasteiger partial charge in [-0.05, 0) is 109 Å². The third kappa shape index (κ3) is 14.0. The zero-order valence-electron chi connectivity index (χ0n) is 30.8. The van der Waals surface area contributed by atoms with E-state index in [0.717, 1.165) is 0 Å². The van der Waals surface area contributed by atoms with E-state index in [1.165, 1.54) is 64.9 Å². The zero-order chi connectivity index (χ0) is 39.6. The Morgan fingerprint density at radius 2 is 0.963 bits per heavy atom. The summed E-state index contributed by atoms with van der Waals surface area (Å²) in [6.45, 7) is 0. The molecule has 2 aliphatic carbocycles. The Morgan fingerprint density at radius 1 is 0.593 bits per heavy atom. The number of ether oxygens (including phenoxy) is 4. The third-order valence-electron chi connectivity index (χ3n) is 8.66. The number of aliphatic hydroxyl groups is 2. The molecule has 0 radical (unpaired) electrons. The lowest BCUT2D eigenvalue weighted by molar-refractivity contribution is -0.123. The number of carbonyl (C=O) groups excluding carboxylic acids is 4. The number of allylic oxidation sites excluding steroid dienone is 8. The molecule has 0 aromatic heterocycles. The van der Waals surface area contributed by atoms with Gasteiger partial charge in [-0.25, -0.2) is 0 Å². The first kappa shape index (κ1) is 42.7. The molecule has 288 valence electrons. The zero-order valence-corrected chi connectivity index (χ0v) is 30.8. The van der Waals surface area contributed by atoms with Gasteiger partial charge < -0.3 is 39.4 Å². The van der Waals surface area contributed by atoms with Crippen LogP contribution in [0.15, 0.2) is 96.5 Å². The molecule has 0 bridgehead atoms. The molecule has 4 rings (SSSR count). The van der Waals surface area contributed by atoms with Crippen molar-refractivity contribution in [3.63, 3.8) is 0 Å². The highest BCUT2D eigenvalue weighted by Crippen LogP contribution is 2.29. The van der Waals surface area contributed by atoms with Crippen molar-refractivity contribution in [1.82, 2.24) is 0 Å². The largest absolute Gasteiger partial charge is 0.510 e. The van der Waals surface area contributed by atoms with Gasteiger partial charge in [0, 0.05) is 14.2 Å². The number of phenolic OH excluding ortho intramolecular Hbond substituents is 2. The number of rotatable bonds is 16. The molecule has 0 heterocycles. The minimum Gasteiger partial charge on any atom is -0.510 e. The summed E-state index contributed by atoms with van der Waals surface area (Å²) in [6, 6.07) is 9.42. The summed E-state index contributed by atoms with van der Waals surface area (Å²) in [7, 11) is 5.94. The van der Waals surface area contributed by atoms with Gasteiger partial charge in [0.15, 0.2) is 46.1 Å². The normalized spacial score (nSPS) is 20.0. The maximum absolute atomic E-state index is 12.0. The van der Waals surface area contributed by atoms with Gasteiger partial charge in [-0.1, -0.05) is 36.4 Å². The minimum absolute atomic E-state index is 0.0166. The SMILES string of the molecule is COc1cc(/C=C/C(=O)CC(=O)/C=C/C2CC=C(O)C(OC)C2)ccc1O.COc1cc(/C=C/C(=O)CC(=O)/C=C/C2CC=C(O)C(OC)C2)ccc1O. The summed E-state index contributed by atoms with van der Waals surface area (Å²) in [5.41, 5.74) is 1.36. The van der Waals surface area contributed by atoms with Crippen molar-refractivity contribution in [1.29, 1.82) is 0 Å². The molecule has 12 heteroatoms. The van der Waals surface area contributed by atoms with E-state index in [1.54, 1.807) is 60.7 Å². The summed E-state index contributed by atoms with van der Waals surface area (Å²) < 4.78 is 20.4. The van der Waals surface area contributed by atoms with Crippen LogP contribution in [0.3, 0.4) is 0 Å². The predicted molar refractivity (Wildman–Crippen MR) is 203 cm³/mol. The molecule has 0 fully saturated rings. The Balaban J connectivity index is 0.000000290. The van der Waals surface area contributed by atoms with E-state index < -0.39 is 0 Å². The number of ketones is 4. The Hall–Kier alpha value is -5.72. The third-order valence-corrected chi connectivity index (χ3v) is 8.66. The number of carbonyl (C=O) groups is 4. The standard InChI is InChI=1S/2C21H24O6/c2*1-26-20-11-14(5-9-18(20)24)3-7-16(22)13-17(23)8-4-15-6-10-19(25)21(12-15)27-2/h2*3-5,7-11,15,21,24-25H,6,12-13H2,1-2H3/b2*7-3+,8-4+. The Labute approximate surface area is 315 Å². The van der Waals surface area contributed by atoms with Gasteiger partial charge in [-0.15, -0.1) is 0 Å². The van der Waals surface area contributed by atoms with Crippen molar-refractivity contribution in [3.05, 3.63) is 108 Å². The maximum atomic E-state index is 12.0. The van der Waals surface area contributed by atoms with Crippen LogP contribution < -0.4 is 9.47 Å². The van der Waals surface area contributed by atoms with Crippen LogP contribution in [-0.4, -0.2) is 84.2 Å². The molecule has 2 aromatic carbocycles. The van der Waals surface area contributed by atoms with E-state index >= 15 is 0 Å². The second-order valence-corrected chi connectivity index (χ2v) is 12.6. The second kappa shape index (κ2) is 21.7. The fourth-order valence-electron chi connectivity index (χ4n) is 5.58. The second-order valence-electron chi connectivity index (χ2n) is 12.6. The van der Waals surface area contributed by atoms with E-state index in [2.05, 4.69) is 0 Å². The van der Waals surface area contributed by atoms with Crippen molar-refractivity contribution in [2.75, 3.05) is 28.4 Å². The van der Waals surface area contributed by atoms with Gasteiger partial charge in [-0.3, -0.25) is 19.2 Å². The molecule has 4 N–H and O–H groups in total. The molecule has 0 aliphatic heterocycles. The number of aliphatic hydroxyl groups excluding tert-OH is 2. The van der Waals surface area contributed by atoms with Crippen molar-refractivity contribution < 1.29 is 58.6 Å². The Morgan fingerprint density at radius 3 is 1.31 bits per heavy atom. The number of benzene rings is 2. The van der Waals surface area contributed by atoms with E-state index in [1.807, 2.05) is 0 Å². The van der Waals surface area contributed by atoms with E-state index in [9.17, 15) is 39.6 Å². The molecule has 0 saturated carbocycles. The van der Waals surface area contributed by atoms with Crippen molar-refractivity contribution >= 4 is 35.3 Å². The molecular formula is C42H48O12. The molecule has 2 aliphatic rings. The number of hydrogen-bond acceptors (Lipinski definition) is 12. The van der Waals surface area contributed by atoms with Gasteiger partial charge in [0.1, 0.15) is 23.7 Å². The monoisotopic (exact) mass is 744 g/mol. The van der Waals surface area contributed by atoms with Crippen LogP contribution in [0, 0.1) is 11.8 Å². The van der Waals surface area contributed by atoms with E-state index in [-0.39, 0.29) is 83.0 Å². The summed E-state index contributed by atoms with van der Waals surface area (Å²) >= 11 is 0. The average Bonchev–Trinajstić information content (AvgIpc) is 3.16. The van der Waals surface area contributed by atoms with Crippen LogP contribution in [0.5, 0.6) is 23.0 Å². The molecule has 0 amide bonds. The molecule has 4 unspecified atom stereocenters. The lowest BCUT2D eigenvalue weighted by Gasteiger charge is -2.23. The van der Waals surface area contributed by atoms with Crippen LogP contribution in [0.4, 0.5) is 0 Å². The summed E-state index contributed by atoms with van der Waals surface area (Å²) in [5, 5.41) is 38.4. The minimum atomic E-state index is -0.352. The first-order valence-corrected chi connectivity index (χ1v) is 17.3. The maximum Gasteiger partial charge on any atom is 0.163 e. The van der Waals surface area contributed by atoms with Crippen molar-refractivity contribution in [3.8, 4) is 23.0 Å². The highest BCUT2D eigenvalue weighted by atomic mass is 16.5. The van der Waals surface area contributed by atoms with Crippen LogP contribution in [-0.2, 0) is 28.7 Å². The molecule has 0 saturated heterocycles. The number of hydrogen-bond donors (Lipinski definition) is 4. The highest BCUT2D eigenvalue weighted by Gasteiger charge is 2.23. The Kier molecular flexibility index (Phi) is 17.2. The van der Waals surface area contributed by atoms with Crippen LogP contribution in [0.1, 0.15) is 49.7 Å². The van der Waals surface area contributed by atoms with Gasteiger partial charge in [-0.2, -0.15) is 0 Å². The molecule has 0 spiro atoms. The van der Waals surface area contributed by atoms with Gasteiger partial charge in [0.25, 0.3) is 0 Å². The first-order chi connectivity index (χ1) is 25.8. The van der Waals surface area contributed by atoms with Crippen LogP contribution >= 0.6 is 0 Å². The topological polar surface area (TPSA) is 186 Å². The Bertz CT molecular complexity index is 1680. The highest BCUT2D eigenvalue weighted by molar-refractivity contribution is 6.10. The number of methoxy groups -OCH3 is 4. The smallest absolute Gasteiger partial charge is 0.163 e. The average molecular weight is 745 g/mol. The lowest BCUT2D eigenvalue weighted by Crippen LogP contribution is -2.21. The predicted octanol–water partition coefficient (Wildman–Crippen LogP) is 6.73. The summed E-state index contributed by atoms with van der Waals surface area (Å²) in [6.07, 6.45) is 16.9. The number of phenols is 2. The quantitative estimate of drug-likeness (QED) is 0.105. The summed E-state index contributed by atoms with van der Waals surface area (Å²) in [5.74, 6) is 0.0950. The van der Waals surface area contributed by atoms with Crippen molar-refractivity contribution in [2.45, 2.75) is 50.7 Å². The van der Waals surface area contributed by atoms with Crippen molar-refractivity contribution in [2.24, 2.45) is 11.8 Å². The molecule has 4 atom stereocenters. The lowest BCUT2D eigenvalue weighted by atomic mass is 9.90. The first-order valence-electron chi connectivity index (χ1n) is 17.3. The van der Waals surface area contributed by atoms with E-state index in [0.29, 0.717) is 48.3 Å². The van der Waals surface area contributed by atoms with Gasteiger partial charge in [0.05, 0.1) is 27.1 Å². The summed E-state index contributed by atoms with van der Waals surface area (Å²) in [4.78, 5) is 47.9. The van der Waals surface area contributed by atoms with Gasteiger partial charge in [0.2, 0.25) is 0 Å². The fourth-order valence-corrected chi connectivity index (χ4v) is 5.58. The van der Waals surface area contributed by atoms with Crippen LogP contribution in [0.25, 0.3) is 12.2 Å². The molecular weight excluding hydrogens is 696 g/mol. The molecule has 2 aromatic rings. The van der Waals surface area contributed by atoms with Gasteiger partial charge >= 0.3 is 0 Å². The van der Waals surface area contributed by atoms with Crippen LogP contribution in [0.2, 0.25) is 0 Å². The fraction of sp³-hybridized carbons (Fsp3) is 0.333. The molecule has 12 nitrogen and oxygen atoms in total. The number of aromatic hydroxyl groups is 2. The van der Waals surface area contributed by atoms with E-state index in [4.69, 9.17) is 18.9 Å². The molecule has 54 heavy (non-hydrogen) atoms.